The molecule has 0 amide bonds. The van der Waals surface area contributed by atoms with Crippen LogP contribution in [-0.4, -0.2) is 6.54 Å². The van der Waals surface area contributed by atoms with E-state index in [2.05, 4.69) is 24.0 Å². The van der Waals surface area contributed by atoms with Crippen molar-refractivity contribution in [3.63, 3.8) is 0 Å². The predicted molar refractivity (Wildman–Crippen MR) is 83.2 cm³/mol. The van der Waals surface area contributed by atoms with Crippen LogP contribution in [0.3, 0.4) is 0 Å². The first-order valence-electron chi connectivity index (χ1n) is 7.04. The van der Waals surface area contributed by atoms with Crippen LogP contribution < -0.4 is 10.6 Å². The lowest BCUT2D eigenvalue weighted by Crippen LogP contribution is -2.24. The van der Waals surface area contributed by atoms with Gasteiger partial charge in [-0.05, 0) is 42.3 Å². The molecule has 0 saturated carbocycles. The number of hydrogen-bond acceptors (Lipinski definition) is 2. The average molecular weight is 272 g/mol. The second-order valence-electron chi connectivity index (χ2n) is 4.95. The molecule has 2 aromatic rings. The van der Waals surface area contributed by atoms with Crippen LogP contribution in [0, 0.1) is 5.82 Å². The van der Waals surface area contributed by atoms with E-state index in [0.29, 0.717) is 12.2 Å². The number of benzene rings is 2. The second kappa shape index (κ2) is 6.94. The molecule has 0 unspecified atom stereocenters. The molecule has 0 saturated heterocycles. The number of anilines is 2. The first-order chi connectivity index (χ1) is 9.70. The molecule has 0 atom stereocenters. The van der Waals surface area contributed by atoms with Crippen molar-refractivity contribution in [1.82, 2.24) is 0 Å². The van der Waals surface area contributed by atoms with Gasteiger partial charge in [0.15, 0.2) is 0 Å². The molecule has 0 spiro atoms. The summed E-state index contributed by atoms with van der Waals surface area (Å²) in [5.41, 5.74) is 8.57. The van der Waals surface area contributed by atoms with Gasteiger partial charge in [-0.15, -0.1) is 0 Å². The van der Waals surface area contributed by atoms with E-state index in [1.165, 1.54) is 12.1 Å². The van der Waals surface area contributed by atoms with Crippen LogP contribution in [0.4, 0.5) is 15.8 Å². The van der Waals surface area contributed by atoms with E-state index in [0.717, 1.165) is 30.6 Å². The molecular weight excluding hydrogens is 251 g/mol. The zero-order valence-electron chi connectivity index (χ0n) is 11.8. The van der Waals surface area contributed by atoms with Crippen molar-refractivity contribution < 1.29 is 4.39 Å². The number of nitrogen functional groups attached to an aromatic ring is 1. The van der Waals surface area contributed by atoms with Gasteiger partial charge in [0.2, 0.25) is 0 Å². The molecular formula is C17H21FN2. The molecule has 0 aromatic heterocycles. The summed E-state index contributed by atoms with van der Waals surface area (Å²) >= 11 is 0. The Labute approximate surface area is 120 Å². The van der Waals surface area contributed by atoms with Crippen molar-refractivity contribution in [3.8, 4) is 0 Å². The first kappa shape index (κ1) is 14.4. The lowest BCUT2D eigenvalue weighted by molar-refractivity contribution is 0.624. The van der Waals surface area contributed by atoms with E-state index in [-0.39, 0.29) is 5.82 Å². The van der Waals surface area contributed by atoms with Crippen molar-refractivity contribution in [2.45, 2.75) is 26.3 Å². The van der Waals surface area contributed by atoms with Gasteiger partial charge in [0.1, 0.15) is 5.82 Å². The fourth-order valence-corrected chi connectivity index (χ4v) is 2.20. The van der Waals surface area contributed by atoms with E-state index in [1.54, 1.807) is 6.07 Å². The van der Waals surface area contributed by atoms with Crippen LogP contribution in [0.25, 0.3) is 0 Å². The third-order valence-electron chi connectivity index (χ3n) is 3.37. The van der Waals surface area contributed by atoms with Crippen molar-refractivity contribution in [1.29, 1.82) is 0 Å². The van der Waals surface area contributed by atoms with Crippen molar-refractivity contribution in [3.05, 3.63) is 59.9 Å². The third kappa shape index (κ3) is 3.73. The van der Waals surface area contributed by atoms with Crippen LogP contribution in [0.2, 0.25) is 0 Å². The maximum Gasteiger partial charge on any atom is 0.123 e. The summed E-state index contributed by atoms with van der Waals surface area (Å²) in [4.78, 5) is 2.24. The highest BCUT2D eigenvalue weighted by molar-refractivity contribution is 5.52. The van der Waals surface area contributed by atoms with Gasteiger partial charge >= 0.3 is 0 Å². The quantitative estimate of drug-likeness (QED) is 0.798. The smallest absolute Gasteiger partial charge is 0.123 e. The summed E-state index contributed by atoms with van der Waals surface area (Å²) < 4.78 is 13.4. The number of nitrogens with two attached hydrogens (primary N) is 1. The zero-order chi connectivity index (χ0) is 14.4. The van der Waals surface area contributed by atoms with Gasteiger partial charge in [0.05, 0.1) is 0 Å². The fourth-order valence-electron chi connectivity index (χ4n) is 2.20. The normalized spacial score (nSPS) is 10.5. The minimum absolute atomic E-state index is 0.238. The molecule has 2 nitrogen and oxygen atoms in total. The monoisotopic (exact) mass is 272 g/mol. The Balaban J connectivity index is 2.21. The Morgan fingerprint density at radius 1 is 1.10 bits per heavy atom. The predicted octanol–water partition coefficient (Wildman–Crippen LogP) is 4.21. The molecule has 0 fully saturated rings. The highest BCUT2D eigenvalue weighted by Crippen LogP contribution is 2.21. The van der Waals surface area contributed by atoms with Gasteiger partial charge in [-0.2, -0.15) is 0 Å². The zero-order valence-corrected chi connectivity index (χ0v) is 11.8. The molecule has 0 aliphatic rings. The van der Waals surface area contributed by atoms with Crippen molar-refractivity contribution in [2.75, 3.05) is 17.2 Å². The van der Waals surface area contributed by atoms with E-state index in [1.807, 2.05) is 18.2 Å². The Bertz CT molecular complexity index is 540. The first-order valence-corrected chi connectivity index (χ1v) is 7.04. The highest BCUT2D eigenvalue weighted by Gasteiger charge is 2.09. The molecule has 0 bridgehead atoms. The van der Waals surface area contributed by atoms with Crippen molar-refractivity contribution in [2.24, 2.45) is 0 Å². The number of halogens is 1. The minimum Gasteiger partial charge on any atom is -0.398 e. The lowest BCUT2D eigenvalue weighted by atomic mass is 10.1. The molecule has 0 heterocycles. The molecule has 2 rings (SSSR count). The SMILES string of the molecule is CCCCN(Cc1cc(F)ccc1N)c1ccccc1. The summed E-state index contributed by atoms with van der Waals surface area (Å²) in [6.07, 6.45) is 2.23. The number of nitrogens with zero attached hydrogens (tertiary/aromatic N) is 1. The molecule has 106 valence electrons. The lowest BCUT2D eigenvalue weighted by Gasteiger charge is -2.25. The molecule has 0 aliphatic carbocycles. The molecule has 0 aliphatic heterocycles. The third-order valence-corrected chi connectivity index (χ3v) is 3.37. The van der Waals surface area contributed by atoms with Crippen LogP contribution in [0.5, 0.6) is 0 Å². The minimum atomic E-state index is -0.238. The van der Waals surface area contributed by atoms with E-state index >= 15 is 0 Å². The van der Waals surface area contributed by atoms with Gasteiger partial charge < -0.3 is 10.6 Å². The molecule has 2 aromatic carbocycles. The van der Waals surface area contributed by atoms with Gasteiger partial charge in [0.25, 0.3) is 0 Å². The Morgan fingerprint density at radius 3 is 2.55 bits per heavy atom. The Kier molecular flexibility index (Phi) is 4.99. The molecule has 20 heavy (non-hydrogen) atoms. The summed E-state index contributed by atoms with van der Waals surface area (Å²) in [6.45, 7) is 3.74. The van der Waals surface area contributed by atoms with Gasteiger partial charge in [0, 0.05) is 24.5 Å². The van der Waals surface area contributed by atoms with Gasteiger partial charge in [-0.1, -0.05) is 31.5 Å². The van der Waals surface area contributed by atoms with Crippen LogP contribution in [-0.2, 0) is 6.54 Å². The Hall–Kier alpha value is -2.03. The summed E-state index contributed by atoms with van der Waals surface area (Å²) in [5.74, 6) is -0.238. The van der Waals surface area contributed by atoms with E-state index in [4.69, 9.17) is 5.73 Å². The number of para-hydroxylation sites is 1. The van der Waals surface area contributed by atoms with E-state index in [9.17, 15) is 4.39 Å². The van der Waals surface area contributed by atoms with Crippen molar-refractivity contribution >= 4 is 11.4 Å². The molecule has 0 radical (unpaired) electrons. The Morgan fingerprint density at radius 2 is 1.85 bits per heavy atom. The fraction of sp³-hybridized carbons (Fsp3) is 0.294. The van der Waals surface area contributed by atoms with E-state index < -0.39 is 0 Å². The van der Waals surface area contributed by atoms with Crippen LogP contribution in [0.1, 0.15) is 25.3 Å². The highest BCUT2D eigenvalue weighted by atomic mass is 19.1. The maximum atomic E-state index is 13.4. The van der Waals surface area contributed by atoms with Crippen LogP contribution in [0.15, 0.2) is 48.5 Å². The largest absolute Gasteiger partial charge is 0.398 e. The number of hydrogen-bond donors (Lipinski definition) is 1. The topological polar surface area (TPSA) is 29.3 Å². The average Bonchev–Trinajstić information content (AvgIpc) is 2.48. The number of unbranched alkanes of at least 4 members (excludes halogenated alkanes) is 1. The van der Waals surface area contributed by atoms with Gasteiger partial charge in [-0.3, -0.25) is 0 Å². The maximum absolute atomic E-state index is 13.4. The second-order valence-corrected chi connectivity index (χ2v) is 4.95. The number of rotatable bonds is 6. The van der Waals surface area contributed by atoms with Crippen LogP contribution >= 0.6 is 0 Å². The molecule has 2 N–H and O–H groups in total. The van der Waals surface area contributed by atoms with Gasteiger partial charge in [-0.25, -0.2) is 4.39 Å². The molecule has 3 heteroatoms. The summed E-state index contributed by atoms with van der Waals surface area (Å²) in [5, 5.41) is 0. The summed E-state index contributed by atoms with van der Waals surface area (Å²) in [7, 11) is 0. The standard InChI is InChI=1S/C17H21FN2/c1-2-3-11-20(16-7-5-4-6-8-16)13-14-12-15(18)9-10-17(14)19/h4-10,12H,2-3,11,13,19H2,1H3. The summed E-state index contributed by atoms with van der Waals surface area (Å²) in [6, 6.07) is 14.7.